The van der Waals surface area contributed by atoms with E-state index in [0.717, 1.165) is 11.1 Å². The van der Waals surface area contributed by atoms with Crippen molar-refractivity contribution in [2.75, 3.05) is 20.6 Å². The number of halogens is 1. The quantitative estimate of drug-likeness (QED) is 0.541. The normalized spacial score (nSPS) is 11.8. The Morgan fingerprint density at radius 3 is 2.41 bits per heavy atom. The Morgan fingerprint density at radius 2 is 1.81 bits per heavy atom. The fourth-order valence-electron chi connectivity index (χ4n) is 2.64. The van der Waals surface area contributed by atoms with Crippen LogP contribution in [0.15, 0.2) is 53.5 Å². The molecule has 0 unspecified atom stereocenters. The van der Waals surface area contributed by atoms with E-state index in [4.69, 9.17) is 0 Å². The fraction of sp³-hybridized carbons (Fsp3) is 0.333. The Labute approximate surface area is 160 Å². The SMILES string of the molecule is CN=C(NCc1ccc(C(=O)NC)cc1)NCC(C)(C)c1cccc(F)c1. The molecule has 144 valence electrons. The summed E-state index contributed by atoms with van der Waals surface area (Å²) in [4.78, 5) is 15.8. The lowest BCUT2D eigenvalue weighted by atomic mass is 9.84. The summed E-state index contributed by atoms with van der Waals surface area (Å²) in [5.74, 6) is 0.324. The first-order valence-corrected chi connectivity index (χ1v) is 8.87. The second-order valence-corrected chi connectivity index (χ2v) is 6.95. The van der Waals surface area contributed by atoms with Crippen LogP contribution in [0.25, 0.3) is 0 Å². The minimum atomic E-state index is -0.255. The van der Waals surface area contributed by atoms with Crippen molar-refractivity contribution in [2.24, 2.45) is 4.99 Å². The predicted molar refractivity (Wildman–Crippen MR) is 107 cm³/mol. The number of rotatable bonds is 6. The first kappa shape index (κ1) is 20.4. The Bertz CT molecular complexity index is 800. The lowest BCUT2D eigenvalue weighted by Crippen LogP contribution is -2.43. The van der Waals surface area contributed by atoms with Gasteiger partial charge in [-0.15, -0.1) is 0 Å². The molecule has 0 saturated carbocycles. The number of hydrogen-bond acceptors (Lipinski definition) is 2. The number of aliphatic imine (C=N–C) groups is 1. The van der Waals surface area contributed by atoms with Crippen LogP contribution >= 0.6 is 0 Å². The molecule has 2 rings (SSSR count). The average molecular weight is 370 g/mol. The van der Waals surface area contributed by atoms with E-state index in [-0.39, 0.29) is 17.1 Å². The number of carbonyl (C=O) groups is 1. The summed E-state index contributed by atoms with van der Waals surface area (Å²) in [7, 11) is 3.32. The molecular weight excluding hydrogens is 343 g/mol. The molecule has 1 amide bonds. The highest BCUT2D eigenvalue weighted by atomic mass is 19.1. The van der Waals surface area contributed by atoms with Crippen molar-refractivity contribution in [3.05, 3.63) is 71.0 Å². The molecule has 2 aromatic carbocycles. The standard InChI is InChI=1S/C21H27FN4O/c1-21(2,17-6-5-7-18(22)12-17)14-26-20(24-4)25-13-15-8-10-16(11-9-15)19(27)23-3/h5-12H,13-14H2,1-4H3,(H,23,27)(H2,24,25,26). The lowest BCUT2D eigenvalue weighted by molar-refractivity contribution is 0.0963. The van der Waals surface area contributed by atoms with Crippen LogP contribution in [-0.2, 0) is 12.0 Å². The van der Waals surface area contributed by atoms with Crippen LogP contribution < -0.4 is 16.0 Å². The molecule has 0 heterocycles. The largest absolute Gasteiger partial charge is 0.356 e. The van der Waals surface area contributed by atoms with Crippen molar-refractivity contribution < 1.29 is 9.18 Å². The molecule has 5 nitrogen and oxygen atoms in total. The second kappa shape index (κ2) is 9.16. The average Bonchev–Trinajstić information content (AvgIpc) is 2.68. The monoisotopic (exact) mass is 370 g/mol. The van der Waals surface area contributed by atoms with Crippen molar-refractivity contribution in [3.8, 4) is 0 Å². The topological polar surface area (TPSA) is 65.5 Å². The number of benzene rings is 2. The van der Waals surface area contributed by atoms with Gasteiger partial charge in [0.05, 0.1) is 0 Å². The van der Waals surface area contributed by atoms with E-state index >= 15 is 0 Å². The molecule has 0 radical (unpaired) electrons. The lowest BCUT2D eigenvalue weighted by Gasteiger charge is -2.27. The third kappa shape index (κ3) is 5.81. The number of guanidine groups is 1. The van der Waals surface area contributed by atoms with E-state index < -0.39 is 0 Å². The summed E-state index contributed by atoms with van der Waals surface area (Å²) in [6.07, 6.45) is 0. The van der Waals surface area contributed by atoms with Crippen LogP contribution in [0.1, 0.15) is 35.3 Å². The van der Waals surface area contributed by atoms with Gasteiger partial charge < -0.3 is 16.0 Å². The molecule has 6 heteroatoms. The van der Waals surface area contributed by atoms with E-state index in [2.05, 4.69) is 34.8 Å². The molecule has 0 aromatic heterocycles. The summed E-state index contributed by atoms with van der Waals surface area (Å²) >= 11 is 0. The molecule has 0 saturated heterocycles. The second-order valence-electron chi connectivity index (χ2n) is 6.95. The molecule has 2 aromatic rings. The number of amides is 1. The maximum absolute atomic E-state index is 13.5. The van der Waals surface area contributed by atoms with Crippen LogP contribution in [0.5, 0.6) is 0 Å². The van der Waals surface area contributed by atoms with Gasteiger partial charge in [-0.2, -0.15) is 0 Å². The summed E-state index contributed by atoms with van der Waals surface area (Å²) in [5, 5.41) is 9.14. The van der Waals surface area contributed by atoms with Gasteiger partial charge in [-0.25, -0.2) is 4.39 Å². The first-order chi connectivity index (χ1) is 12.9. The Balaban J connectivity index is 1.91. The van der Waals surface area contributed by atoms with Crippen molar-refractivity contribution >= 4 is 11.9 Å². The smallest absolute Gasteiger partial charge is 0.251 e. The minimum Gasteiger partial charge on any atom is -0.356 e. The van der Waals surface area contributed by atoms with Crippen molar-refractivity contribution in [2.45, 2.75) is 25.8 Å². The molecule has 0 fully saturated rings. The fourth-order valence-corrected chi connectivity index (χ4v) is 2.64. The maximum Gasteiger partial charge on any atom is 0.251 e. The number of carbonyl (C=O) groups excluding carboxylic acids is 1. The zero-order valence-corrected chi connectivity index (χ0v) is 16.3. The number of hydrogen-bond donors (Lipinski definition) is 3. The third-order valence-corrected chi connectivity index (χ3v) is 4.43. The highest BCUT2D eigenvalue weighted by Crippen LogP contribution is 2.22. The zero-order chi connectivity index (χ0) is 19.9. The van der Waals surface area contributed by atoms with Crippen LogP contribution in [0.3, 0.4) is 0 Å². The van der Waals surface area contributed by atoms with E-state index in [0.29, 0.717) is 24.6 Å². The molecule has 3 N–H and O–H groups in total. The van der Waals surface area contributed by atoms with Crippen molar-refractivity contribution in [1.82, 2.24) is 16.0 Å². The van der Waals surface area contributed by atoms with Gasteiger partial charge in [-0.05, 0) is 35.4 Å². The van der Waals surface area contributed by atoms with Gasteiger partial charge in [-0.1, -0.05) is 38.1 Å². The Kier molecular flexibility index (Phi) is 6.93. The molecule has 0 aliphatic rings. The molecular formula is C21H27FN4O. The minimum absolute atomic E-state index is 0.105. The summed E-state index contributed by atoms with van der Waals surface area (Å²) < 4.78 is 13.5. The number of nitrogens with zero attached hydrogens (tertiary/aromatic N) is 1. The summed E-state index contributed by atoms with van der Waals surface area (Å²) in [6, 6.07) is 14.0. The third-order valence-electron chi connectivity index (χ3n) is 4.43. The predicted octanol–water partition coefficient (Wildman–Crippen LogP) is 2.83. The highest BCUT2D eigenvalue weighted by molar-refractivity contribution is 5.93. The molecule has 27 heavy (non-hydrogen) atoms. The molecule has 0 bridgehead atoms. The summed E-state index contributed by atoms with van der Waals surface area (Å²) in [6.45, 7) is 5.29. The van der Waals surface area contributed by atoms with Crippen molar-refractivity contribution in [3.63, 3.8) is 0 Å². The van der Waals surface area contributed by atoms with Gasteiger partial charge in [0.15, 0.2) is 5.96 Å². The van der Waals surface area contributed by atoms with E-state index in [1.807, 2.05) is 18.2 Å². The van der Waals surface area contributed by atoms with Crippen LogP contribution in [0.4, 0.5) is 4.39 Å². The van der Waals surface area contributed by atoms with E-state index in [1.54, 1.807) is 38.4 Å². The van der Waals surface area contributed by atoms with Crippen LogP contribution in [0, 0.1) is 5.82 Å². The zero-order valence-electron chi connectivity index (χ0n) is 16.3. The maximum atomic E-state index is 13.5. The van der Waals surface area contributed by atoms with Gasteiger partial charge in [0.1, 0.15) is 5.82 Å². The van der Waals surface area contributed by atoms with Crippen LogP contribution in [0.2, 0.25) is 0 Å². The highest BCUT2D eigenvalue weighted by Gasteiger charge is 2.21. The first-order valence-electron chi connectivity index (χ1n) is 8.87. The molecule has 0 spiro atoms. The van der Waals surface area contributed by atoms with Gasteiger partial charge >= 0.3 is 0 Å². The number of nitrogens with one attached hydrogen (secondary N) is 3. The van der Waals surface area contributed by atoms with Gasteiger partial charge in [-0.3, -0.25) is 9.79 Å². The van der Waals surface area contributed by atoms with Gasteiger partial charge in [0.25, 0.3) is 5.91 Å². The van der Waals surface area contributed by atoms with Crippen LogP contribution in [-0.4, -0.2) is 32.5 Å². The van der Waals surface area contributed by atoms with E-state index in [1.165, 1.54) is 6.07 Å². The molecule has 0 atom stereocenters. The Morgan fingerprint density at radius 1 is 1.11 bits per heavy atom. The molecule has 0 aliphatic carbocycles. The van der Waals surface area contributed by atoms with Crippen molar-refractivity contribution in [1.29, 1.82) is 0 Å². The Hall–Kier alpha value is -2.89. The van der Waals surface area contributed by atoms with Gasteiger partial charge in [0, 0.05) is 38.2 Å². The molecule has 0 aliphatic heterocycles. The summed E-state index contributed by atoms with van der Waals surface area (Å²) in [5.41, 5.74) is 2.33. The van der Waals surface area contributed by atoms with E-state index in [9.17, 15) is 9.18 Å². The van der Waals surface area contributed by atoms with Gasteiger partial charge in [0.2, 0.25) is 0 Å².